The van der Waals surface area contributed by atoms with Crippen LogP contribution in [0.5, 0.6) is 5.75 Å². The molecule has 2 aliphatic heterocycles. The molecule has 0 aromatic heterocycles. The van der Waals surface area contributed by atoms with E-state index < -0.39 is 18.4 Å². The van der Waals surface area contributed by atoms with Crippen molar-refractivity contribution in [2.75, 3.05) is 33.7 Å². The van der Waals surface area contributed by atoms with E-state index in [2.05, 4.69) is 30.6 Å². The van der Waals surface area contributed by atoms with E-state index in [0.29, 0.717) is 6.42 Å². The number of allylic oxidation sites excluding steroid dienone is 2. The fourth-order valence-corrected chi connectivity index (χ4v) is 4.59. The van der Waals surface area contributed by atoms with E-state index in [1.54, 1.807) is 25.1 Å². The molecule has 43 heavy (non-hydrogen) atoms. The molecule has 7 N–H and O–H groups in total. The molecule has 2 heterocycles. The zero-order chi connectivity index (χ0) is 31.5. The summed E-state index contributed by atoms with van der Waals surface area (Å²) in [6.45, 7) is -0.806. The molecule has 15 heteroatoms. The van der Waals surface area contributed by atoms with E-state index in [4.69, 9.17) is 28.2 Å². The zero-order valence-electron chi connectivity index (χ0n) is 23.9. The predicted octanol–water partition coefficient (Wildman–Crippen LogP) is 2.52. The number of rotatable bonds is 13. The molecular weight excluding hydrogens is 584 g/mol. The van der Waals surface area contributed by atoms with Crippen LogP contribution >= 0.6 is 11.6 Å². The Balaban J connectivity index is 1.81. The van der Waals surface area contributed by atoms with Crippen LogP contribution in [0.25, 0.3) is 0 Å². The maximum atomic E-state index is 13.3. The van der Waals surface area contributed by atoms with Crippen molar-refractivity contribution >= 4 is 41.2 Å². The lowest BCUT2D eigenvalue weighted by Gasteiger charge is -2.32. The van der Waals surface area contributed by atoms with Gasteiger partial charge in [0.2, 0.25) is 5.91 Å². The average Bonchev–Trinajstić information content (AvgIpc) is 2.96. The highest BCUT2D eigenvalue weighted by Crippen LogP contribution is 2.27. The molecule has 0 bridgehead atoms. The Morgan fingerprint density at radius 2 is 2.02 bits per heavy atom. The Hall–Kier alpha value is -4.30. The van der Waals surface area contributed by atoms with Gasteiger partial charge in [-0.1, -0.05) is 11.6 Å². The van der Waals surface area contributed by atoms with Gasteiger partial charge in [0.25, 0.3) is 5.91 Å². The molecule has 1 aromatic rings. The van der Waals surface area contributed by atoms with Gasteiger partial charge in [-0.2, -0.15) is 8.78 Å². The highest BCUT2D eigenvalue weighted by atomic mass is 35.5. The van der Waals surface area contributed by atoms with E-state index in [1.807, 2.05) is 0 Å². The van der Waals surface area contributed by atoms with Crippen LogP contribution in [0, 0.1) is 10.8 Å². The number of nitrogens with two attached hydrogens (primary N) is 1. The number of carbonyl (C=O) groups excluding carboxylic acids is 2. The van der Waals surface area contributed by atoms with Crippen molar-refractivity contribution in [2.45, 2.75) is 38.3 Å². The standard InChI is InChI=1S/C28H36ClF2N9O3/c1-39(2)22(41)5-3-12-40-13-8-18(9-14-40)37-16-20(24(32)19-15-17(29)6-7-21(19)43-28(30)31)38-27(42)23(25(33)34)26-35-10-4-11-36-26/h4,6-7,10-11,15-16,18,28,32,35,37H,3,5,8-9,12-14H2,1-2H3,(H3,33,34)(H,38,42)/b20-16+,26-23-,32-24?. The second kappa shape index (κ2) is 15.8. The number of nitrogens with one attached hydrogen (secondary N) is 5. The van der Waals surface area contributed by atoms with Gasteiger partial charge in [0, 0.05) is 68.8 Å². The van der Waals surface area contributed by atoms with Crippen LogP contribution in [0.3, 0.4) is 0 Å². The van der Waals surface area contributed by atoms with Crippen molar-refractivity contribution in [3.05, 3.63) is 64.4 Å². The molecule has 0 spiro atoms. The third-order valence-electron chi connectivity index (χ3n) is 6.70. The Labute approximate surface area is 253 Å². The van der Waals surface area contributed by atoms with E-state index in [-0.39, 0.29) is 51.1 Å². The number of amidine groups is 1. The van der Waals surface area contributed by atoms with Crippen LogP contribution in [-0.4, -0.2) is 85.8 Å². The molecule has 0 radical (unpaired) electrons. The van der Waals surface area contributed by atoms with Gasteiger partial charge < -0.3 is 36.2 Å². The number of hydrogen-bond donors (Lipinski definition) is 6. The maximum Gasteiger partial charge on any atom is 0.387 e. The van der Waals surface area contributed by atoms with Gasteiger partial charge in [0.15, 0.2) is 0 Å². The summed E-state index contributed by atoms with van der Waals surface area (Å²) >= 11 is 6.11. The predicted molar refractivity (Wildman–Crippen MR) is 161 cm³/mol. The lowest BCUT2D eigenvalue weighted by molar-refractivity contribution is -0.128. The summed E-state index contributed by atoms with van der Waals surface area (Å²) in [5.74, 6) is -1.61. The van der Waals surface area contributed by atoms with Gasteiger partial charge in [-0.05, 0) is 50.1 Å². The largest absolute Gasteiger partial charge is 0.434 e. The molecule has 0 saturated carbocycles. The summed E-state index contributed by atoms with van der Waals surface area (Å²) in [5, 5.41) is 25.5. The first kappa shape index (κ1) is 33.2. The molecule has 3 rings (SSSR count). The van der Waals surface area contributed by atoms with Crippen LogP contribution in [0.1, 0.15) is 31.2 Å². The topological polar surface area (TPSA) is 172 Å². The van der Waals surface area contributed by atoms with Gasteiger partial charge in [0.1, 0.15) is 23.0 Å². The monoisotopic (exact) mass is 619 g/mol. The smallest absolute Gasteiger partial charge is 0.387 e. The number of aliphatic imine (C=N–C) groups is 1. The first-order valence-corrected chi connectivity index (χ1v) is 13.9. The minimum absolute atomic E-state index is 0.0177. The van der Waals surface area contributed by atoms with Gasteiger partial charge in [-0.25, -0.2) is 4.99 Å². The molecule has 232 valence electrons. The molecule has 1 fully saturated rings. The highest BCUT2D eigenvalue weighted by Gasteiger charge is 2.25. The van der Waals surface area contributed by atoms with Crippen LogP contribution in [0.15, 0.2) is 58.8 Å². The zero-order valence-corrected chi connectivity index (χ0v) is 24.7. The number of carbonyl (C=O) groups is 2. The van der Waals surface area contributed by atoms with Gasteiger partial charge in [-0.15, -0.1) is 0 Å². The van der Waals surface area contributed by atoms with E-state index in [0.717, 1.165) is 38.9 Å². The van der Waals surface area contributed by atoms with Crippen molar-refractivity contribution < 1.29 is 23.1 Å². The van der Waals surface area contributed by atoms with Crippen molar-refractivity contribution in [1.82, 2.24) is 25.8 Å². The van der Waals surface area contributed by atoms with Crippen LogP contribution in [0.2, 0.25) is 5.02 Å². The van der Waals surface area contributed by atoms with Crippen LogP contribution in [-0.2, 0) is 9.59 Å². The summed E-state index contributed by atoms with van der Waals surface area (Å²) in [4.78, 5) is 33.1. The quantitative estimate of drug-likeness (QED) is 0.112. The number of ether oxygens (including phenoxy) is 1. The highest BCUT2D eigenvalue weighted by molar-refractivity contribution is 6.31. The van der Waals surface area contributed by atoms with Crippen molar-refractivity contribution in [1.29, 1.82) is 10.8 Å². The Bertz CT molecular complexity index is 1340. The number of halogens is 3. The molecule has 12 nitrogen and oxygen atoms in total. The number of likely N-dealkylation sites (tertiary alicyclic amines) is 1. The lowest BCUT2D eigenvalue weighted by atomic mass is 10.0. The number of nitrogens with zero attached hydrogens (tertiary/aromatic N) is 3. The molecule has 0 unspecified atom stereocenters. The average molecular weight is 620 g/mol. The van der Waals surface area contributed by atoms with Gasteiger partial charge >= 0.3 is 6.61 Å². The first-order chi connectivity index (χ1) is 20.5. The fourth-order valence-electron chi connectivity index (χ4n) is 4.42. The van der Waals surface area contributed by atoms with Crippen molar-refractivity contribution in [3.8, 4) is 5.75 Å². The van der Waals surface area contributed by atoms with E-state index in [9.17, 15) is 18.4 Å². The second-order valence-corrected chi connectivity index (χ2v) is 10.4. The third kappa shape index (κ3) is 9.89. The number of amides is 2. The second-order valence-electron chi connectivity index (χ2n) is 10.00. The number of alkyl halides is 2. The molecular formula is C28H36ClF2N9O3. The summed E-state index contributed by atoms with van der Waals surface area (Å²) < 4.78 is 30.9. The van der Waals surface area contributed by atoms with E-state index in [1.165, 1.54) is 36.8 Å². The lowest BCUT2D eigenvalue weighted by Crippen LogP contribution is -2.42. The Morgan fingerprint density at radius 1 is 1.30 bits per heavy atom. The van der Waals surface area contributed by atoms with Crippen molar-refractivity contribution in [2.24, 2.45) is 10.7 Å². The van der Waals surface area contributed by atoms with Gasteiger partial charge in [-0.3, -0.25) is 20.4 Å². The summed E-state index contributed by atoms with van der Waals surface area (Å²) in [6.07, 6.45) is 8.66. The van der Waals surface area contributed by atoms with Gasteiger partial charge in [0.05, 0.1) is 11.4 Å². The summed E-state index contributed by atoms with van der Waals surface area (Å²) in [7, 11) is 3.47. The molecule has 0 aliphatic carbocycles. The number of benzene rings is 1. The molecule has 2 amide bonds. The minimum Gasteiger partial charge on any atom is -0.434 e. The minimum atomic E-state index is -3.16. The first-order valence-electron chi connectivity index (χ1n) is 13.5. The molecule has 2 aliphatic rings. The SMILES string of the molecule is CN(C)C(=O)CCCN1CCC(N/C=C(/NC(=O)/C(C(=N)N)=C2\N=CC=CN2)C(=N)c2cc(Cl)ccc2OC(F)F)CC1. The maximum absolute atomic E-state index is 13.3. The Morgan fingerprint density at radius 3 is 2.63 bits per heavy atom. The summed E-state index contributed by atoms with van der Waals surface area (Å²) in [6, 6.07) is 3.82. The molecule has 0 atom stereocenters. The number of piperidine rings is 1. The number of hydrogen-bond acceptors (Lipinski definition) is 9. The molecule has 1 aromatic carbocycles. The van der Waals surface area contributed by atoms with Crippen molar-refractivity contribution in [3.63, 3.8) is 0 Å². The van der Waals surface area contributed by atoms with Crippen LogP contribution < -0.4 is 26.4 Å². The summed E-state index contributed by atoms with van der Waals surface area (Å²) in [5.41, 5.74) is 4.87. The normalized spacial score (nSPS) is 16.8. The molecule has 1 saturated heterocycles. The fraction of sp³-hybridized carbons (Fsp3) is 0.393. The Kier molecular flexibility index (Phi) is 12.2. The van der Waals surface area contributed by atoms with E-state index >= 15 is 0 Å². The third-order valence-corrected chi connectivity index (χ3v) is 6.93. The van der Waals surface area contributed by atoms with Crippen LogP contribution in [0.4, 0.5) is 8.78 Å².